The van der Waals surface area contributed by atoms with Crippen LogP contribution in [0.4, 0.5) is 0 Å². The maximum absolute atomic E-state index is 10.5. The van der Waals surface area contributed by atoms with Gasteiger partial charge in [-0.05, 0) is 39.7 Å². The molecule has 0 radical (unpaired) electrons. The van der Waals surface area contributed by atoms with Gasteiger partial charge in [0.1, 0.15) is 11.5 Å². The molecule has 31 heavy (non-hydrogen) atoms. The van der Waals surface area contributed by atoms with Crippen LogP contribution in [0.25, 0.3) is 44.3 Å². The second kappa shape index (κ2) is 7.57. The molecular formula is C25H19N3O3. The van der Waals surface area contributed by atoms with Gasteiger partial charge in [0.05, 0.1) is 19.8 Å². The second-order valence-electron chi connectivity index (χ2n) is 7.05. The van der Waals surface area contributed by atoms with Crippen molar-refractivity contribution in [1.82, 2.24) is 15.0 Å². The summed E-state index contributed by atoms with van der Waals surface area (Å²) in [5, 5.41) is 14.8. The average Bonchev–Trinajstić information content (AvgIpc) is 2.82. The molecule has 0 amide bonds. The van der Waals surface area contributed by atoms with Crippen molar-refractivity contribution in [2.24, 2.45) is 0 Å². The van der Waals surface area contributed by atoms with Crippen LogP contribution in [-0.2, 0) is 0 Å². The molecule has 5 rings (SSSR count). The number of hydrogen-bond acceptors (Lipinski definition) is 6. The Labute approximate surface area is 178 Å². The summed E-state index contributed by atoms with van der Waals surface area (Å²) in [6.45, 7) is 0. The van der Waals surface area contributed by atoms with Crippen LogP contribution < -0.4 is 9.47 Å². The van der Waals surface area contributed by atoms with E-state index >= 15 is 0 Å². The fourth-order valence-electron chi connectivity index (χ4n) is 3.76. The summed E-state index contributed by atoms with van der Waals surface area (Å²) in [6, 6.07) is 23.6. The Hall–Kier alpha value is -4.19. The van der Waals surface area contributed by atoms with Crippen LogP contribution in [-0.4, -0.2) is 34.3 Å². The molecule has 1 aromatic heterocycles. The number of fused-ring (bicyclic) bond motifs is 2. The fraction of sp³-hybridized carbons (Fsp3) is 0.0800. The lowest BCUT2D eigenvalue weighted by molar-refractivity contribution is 0.379. The molecule has 0 saturated heterocycles. The molecule has 0 spiro atoms. The van der Waals surface area contributed by atoms with Gasteiger partial charge in [-0.2, -0.15) is 9.97 Å². The van der Waals surface area contributed by atoms with Crippen LogP contribution in [0.5, 0.6) is 17.5 Å². The maximum atomic E-state index is 10.5. The second-order valence-corrected chi connectivity index (χ2v) is 7.05. The number of phenols is 1. The third-order valence-corrected chi connectivity index (χ3v) is 5.24. The van der Waals surface area contributed by atoms with E-state index in [1.165, 1.54) is 13.2 Å². The first kappa shape index (κ1) is 18.8. The molecule has 6 nitrogen and oxygen atoms in total. The Morgan fingerprint density at radius 1 is 0.677 bits per heavy atom. The number of benzene rings is 4. The summed E-state index contributed by atoms with van der Waals surface area (Å²) in [4.78, 5) is 13.7. The van der Waals surface area contributed by atoms with Crippen molar-refractivity contribution >= 4 is 21.5 Å². The van der Waals surface area contributed by atoms with Gasteiger partial charge in [-0.3, -0.25) is 0 Å². The van der Waals surface area contributed by atoms with Crippen molar-refractivity contribution in [3.63, 3.8) is 0 Å². The molecule has 0 unspecified atom stereocenters. The lowest BCUT2D eigenvalue weighted by Gasteiger charge is -2.13. The molecule has 0 saturated carbocycles. The summed E-state index contributed by atoms with van der Waals surface area (Å²) in [7, 11) is 3.06. The quantitative estimate of drug-likeness (QED) is 0.409. The Balaban J connectivity index is 1.82. The zero-order chi connectivity index (χ0) is 21.4. The fourth-order valence-corrected chi connectivity index (χ4v) is 3.76. The lowest BCUT2D eigenvalue weighted by atomic mass is 9.96. The highest BCUT2D eigenvalue weighted by Crippen LogP contribution is 2.37. The average molecular weight is 409 g/mol. The highest BCUT2D eigenvalue weighted by Gasteiger charge is 2.18. The van der Waals surface area contributed by atoms with Crippen LogP contribution in [0.2, 0.25) is 0 Å². The van der Waals surface area contributed by atoms with Gasteiger partial charge in [0.25, 0.3) is 0 Å². The molecular weight excluding hydrogens is 390 g/mol. The van der Waals surface area contributed by atoms with Crippen molar-refractivity contribution < 1.29 is 14.6 Å². The van der Waals surface area contributed by atoms with E-state index < -0.39 is 0 Å². The summed E-state index contributed by atoms with van der Waals surface area (Å²) in [5.74, 6) is 1.35. The Kier molecular flexibility index (Phi) is 4.59. The van der Waals surface area contributed by atoms with E-state index in [1.807, 2.05) is 24.3 Å². The normalized spacial score (nSPS) is 11.0. The van der Waals surface area contributed by atoms with Gasteiger partial charge in [0.2, 0.25) is 0 Å². The zero-order valence-corrected chi connectivity index (χ0v) is 17.0. The molecule has 0 aliphatic carbocycles. The topological polar surface area (TPSA) is 77.4 Å². The van der Waals surface area contributed by atoms with Crippen molar-refractivity contribution in [1.29, 1.82) is 0 Å². The van der Waals surface area contributed by atoms with Crippen molar-refractivity contribution in [3.05, 3.63) is 72.8 Å². The first-order valence-corrected chi connectivity index (χ1v) is 9.76. The van der Waals surface area contributed by atoms with Crippen LogP contribution in [0.1, 0.15) is 0 Å². The summed E-state index contributed by atoms with van der Waals surface area (Å²) >= 11 is 0. The minimum Gasteiger partial charge on any atom is -0.507 e. The zero-order valence-electron chi connectivity index (χ0n) is 17.0. The van der Waals surface area contributed by atoms with E-state index in [-0.39, 0.29) is 11.8 Å². The van der Waals surface area contributed by atoms with Crippen molar-refractivity contribution in [3.8, 4) is 40.3 Å². The molecule has 0 aliphatic heterocycles. The number of phenolic OH excluding ortho intramolecular Hbond substituents is 1. The van der Waals surface area contributed by atoms with E-state index in [4.69, 9.17) is 14.5 Å². The third kappa shape index (κ3) is 3.28. The Morgan fingerprint density at radius 3 is 1.94 bits per heavy atom. The minimum absolute atomic E-state index is 0.0151. The molecule has 152 valence electrons. The molecule has 4 aromatic carbocycles. The first-order valence-electron chi connectivity index (χ1n) is 9.76. The Morgan fingerprint density at radius 2 is 1.32 bits per heavy atom. The smallest absolute Gasteiger partial charge is 0.320 e. The molecule has 0 bridgehead atoms. The molecule has 6 heteroatoms. The van der Waals surface area contributed by atoms with Crippen LogP contribution >= 0.6 is 0 Å². The number of hydrogen-bond donors (Lipinski definition) is 1. The molecule has 5 aromatic rings. The number of ether oxygens (including phenoxy) is 2. The monoisotopic (exact) mass is 409 g/mol. The van der Waals surface area contributed by atoms with E-state index in [9.17, 15) is 5.11 Å². The van der Waals surface area contributed by atoms with E-state index in [2.05, 4.69) is 40.3 Å². The number of rotatable bonds is 4. The van der Waals surface area contributed by atoms with Crippen molar-refractivity contribution in [2.75, 3.05) is 14.2 Å². The van der Waals surface area contributed by atoms with E-state index in [0.717, 1.165) is 27.1 Å². The standard InChI is InChI=1S/C25H19N3O3/c1-30-17-11-12-20(21(29)14-17)23-26-24(28-25(27-23)31-2)22-18-9-5-3-7-15(18)13-16-8-4-6-10-19(16)22/h3-14,29H,1-2H3. The summed E-state index contributed by atoms with van der Waals surface area (Å²) in [5.41, 5.74) is 1.36. The van der Waals surface area contributed by atoms with Gasteiger partial charge in [0.15, 0.2) is 11.6 Å². The number of methoxy groups -OCH3 is 2. The first-order chi connectivity index (χ1) is 15.2. The molecule has 0 atom stereocenters. The Bertz CT molecular complexity index is 1380. The van der Waals surface area contributed by atoms with E-state index in [0.29, 0.717) is 23.0 Å². The van der Waals surface area contributed by atoms with Gasteiger partial charge >= 0.3 is 6.01 Å². The minimum atomic E-state index is 0.0151. The highest BCUT2D eigenvalue weighted by atomic mass is 16.5. The largest absolute Gasteiger partial charge is 0.507 e. The molecule has 0 fully saturated rings. The van der Waals surface area contributed by atoms with E-state index in [1.54, 1.807) is 19.2 Å². The van der Waals surface area contributed by atoms with Gasteiger partial charge in [-0.15, -0.1) is 0 Å². The van der Waals surface area contributed by atoms with Gasteiger partial charge in [-0.1, -0.05) is 48.5 Å². The predicted molar refractivity (Wildman–Crippen MR) is 120 cm³/mol. The highest BCUT2D eigenvalue weighted by molar-refractivity contribution is 6.11. The lowest BCUT2D eigenvalue weighted by Crippen LogP contribution is -2.01. The SMILES string of the molecule is COc1ccc(-c2nc(OC)nc(-c3c4ccccc4cc4ccccc34)n2)c(O)c1. The number of aromatic hydroxyl groups is 1. The molecule has 1 N–H and O–H groups in total. The molecule has 1 heterocycles. The van der Waals surface area contributed by atoms with Gasteiger partial charge in [0, 0.05) is 11.6 Å². The number of nitrogens with zero attached hydrogens (tertiary/aromatic N) is 3. The third-order valence-electron chi connectivity index (χ3n) is 5.24. The van der Waals surface area contributed by atoms with Gasteiger partial charge in [-0.25, -0.2) is 4.98 Å². The van der Waals surface area contributed by atoms with Crippen molar-refractivity contribution in [2.45, 2.75) is 0 Å². The van der Waals surface area contributed by atoms with Crippen LogP contribution in [0.15, 0.2) is 72.8 Å². The number of aromatic nitrogens is 3. The summed E-state index contributed by atoms with van der Waals surface area (Å²) in [6.07, 6.45) is 0. The van der Waals surface area contributed by atoms with Crippen LogP contribution in [0, 0.1) is 0 Å². The van der Waals surface area contributed by atoms with Gasteiger partial charge < -0.3 is 14.6 Å². The van der Waals surface area contributed by atoms with Crippen LogP contribution in [0.3, 0.4) is 0 Å². The predicted octanol–water partition coefficient (Wildman–Crippen LogP) is 5.23. The molecule has 0 aliphatic rings. The summed E-state index contributed by atoms with van der Waals surface area (Å²) < 4.78 is 10.6. The maximum Gasteiger partial charge on any atom is 0.320 e.